The molecule has 6 nitrogen and oxygen atoms in total. The number of nitrogens with zero attached hydrogens (tertiary/aromatic N) is 1. The Bertz CT molecular complexity index is 589. The highest BCUT2D eigenvalue weighted by molar-refractivity contribution is 7.94. The molecule has 2 rings (SSSR count). The molecule has 0 aromatic carbocycles. The number of hydrogen-bond acceptors (Lipinski definition) is 5. The predicted molar refractivity (Wildman–Crippen MR) is 71.1 cm³/mol. The first-order valence-corrected chi connectivity index (χ1v) is 7.73. The lowest BCUT2D eigenvalue weighted by atomic mass is 10.4. The molecular weight excluding hydrogens is 272 g/mol. The molecule has 0 aliphatic rings. The second-order valence-electron chi connectivity index (χ2n) is 3.59. The summed E-state index contributed by atoms with van der Waals surface area (Å²) in [6.07, 6.45) is 2.91. The average Bonchev–Trinajstić information content (AvgIpc) is 2.96. The van der Waals surface area contributed by atoms with Gasteiger partial charge in [-0.3, -0.25) is 9.82 Å². The average molecular weight is 286 g/mol. The van der Waals surface area contributed by atoms with Crippen LogP contribution in [-0.2, 0) is 16.6 Å². The van der Waals surface area contributed by atoms with Crippen LogP contribution in [0.25, 0.3) is 0 Å². The van der Waals surface area contributed by atoms with Gasteiger partial charge in [0.25, 0.3) is 10.0 Å². The molecule has 2 heterocycles. The molecule has 0 amide bonds. The number of aromatic nitrogens is 2. The van der Waals surface area contributed by atoms with Crippen molar-refractivity contribution in [2.24, 2.45) is 0 Å². The van der Waals surface area contributed by atoms with Crippen LogP contribution < -0.4 is 10.0 Å². The van der Waals surface area contributed by atoms with Crippen molar-refractivity contribution in [3.63, 3.8) is 0 Å². The van der Waals surface area contributed by atoms with Crippen molar-refractivity contribution in [1.29, 1.82) is 0 Å². The van der Waals surface area contributed by atoms with Crippen molar-refractivity contribution in [1.82, 2.24) is 15.5 Å². The van der Waals surface area contributed by atoms with E-state index in [-0.39, 0.29) is 0 Å². The molecule has 2 aromatic heterocycles. The summed E-state index contributed by atoms with van der Waals surface area (Å²) in [4.78, 5) is 0.990. The first kappa shape index (κ1) is 13.1. The van der Waals surface area contributed by atoms with Gasteiger partial charge in [0.2, 0.25) is 0 Å². The number of rotatable bonds is 6. The Morgan fingerprint density at radius 3 is 2.94 bits per heavy atom. The van der Waals surface area contributed by atoms with Crippen molar-refractivity contribution < 1.29 is 8.42 Å². The highest BCUT2D eigenvalue weighted by Crippen LogP contribution is 2.23. The van der Waals surface area contributed by atoms with Crippen molar-refractivity contribution in [3.8, 4) is 0 Å². The fourth-order valence-electron chi connectivity index (χ4n) is 1.36. The van der Waals surface area contributed by atoms with Crippen LogP contribution in [0.2, 0.25) is 0 Å². The van der Waals surface area contributed by atoms with Crippen LogP contribution in [0.4, 0.5) is 5.69 Å². The third-order valence-corrected chi connectivity index (χ3v) is 5.16. The largest absolute Gasteiger partial charge is 0.312 e. The van der Waals surface area contributed by atoms with Gasteiger partial charge in [-0.05, 0) is 18.7 Å². The van der Waals surface area contributed by atoms with E-state index in [0.717, 1.165) is 11.4 Å². The molecule has 0 aliphatic carbocycles. The second-order valence-corrected chi connectivity index (χ2v) is 6.67. The summed E-state index contributed by atoms with van der Waals surface area (Å²) < 4.78 is 26.8. The fourth-order valence-corrected chi connectivity index (χ4v) is 3.72. The van der Waals surface area contributed by atoms with E-state index in [0.29, 0.717) is 16.4 Å². The monoisotopic (exact) mass is 286 g/mol. The van der Waals surface area contributed by atoms with Gasteiger partial charge < -0.3 is 5.32 Å². The lowest BCUT2D eigenvalue weighted by Gasteiger charge is -2.02. The van der Waals surface area contributed by atoms with E-state index in [1.807, 2.05) is 13.0 Å². The maximum atomic E-state index is 12.0. The summed E-state index contributed by atoms with van der Waals surface area (Å²) in [5.74, 6) is 0. The second kappa shape index (κ2) is 5.51. The van der Waals surface area contributed by atoms with Gasteiger partial charge in [-0.2, -0.15) is 5.10 Å². The highest BCUT2D eigenvalue weighted by atomic mass is 32.2. The van der Waals surface area contributed by atoms with Crippen LogP contribution >= 0.6 is 11.3 Å². The Morgan fingerprint density at radius 2 is 2.28 bits per heavy atom. The summed E-state index contributed by atoms with van der Waals surface area (Å²) in [5.41, 5.74) is 0.427. The van der Waals surface area contributed by atoms with E-state index < -0.39 is 10.0 Å². The molecule has 0 fully saturated rings. The molecule has 2 aromatic rings. The topological polar surface area (TPSA) is 86.9 Å². The number of H-pyrrole nitrogens is 1. The van der Waals surface area contributed by atoms with Crippen molar-refractivity contribution in [3.05, 3.63) is 29.4 Å². The Hall–Kier alpha value is -1.38. The van der Waals surface area contributed by atoms with Crippen molar-refractivity contribution >= 4 is 27.0 Å². The van der Waals surface area contributed by atoms with Crippen LogP contribution in [0.5, 0.6) is 0 Å². The van der Waals surface area contributed by atoms with Crippen molar-refractivity contribution in [2.45, 2.75) is 17.7 Å². The van der Waals surface area contributed by atoms with E-state index in [2.05, 4.69) is 20.2 Å². The smallest absolute Gasteiger partial charge is 0.271 e. The van der Waals surface area contributed by atoms with Crippen LogP contribution in [-0.4, -0.2) is 25.2 Å². The van der Waals surface area contributed by atoms with Gasteiger partial charge in [0.1, 0.15) is 4.21 Å². The van der Waals surface area contributed by atoms with Crippen LogP contribution in [0.3, 0.4) is 0 Å². The minimum Gasteiger partial charge on any atom is -0.312 e. The molecule has 0 saturated heterocycles. The molecule has 98 valence electrons. The molecule has 0 spiro atoms. The number of nitrogens with one attached hydrogen (secondary N) is 3. The molecule has 8 heteroatoms. The number of sulfonamides is 1. The number of aromatic amines is 1. The van der Waals surface area contributed by atoms with Gasteiger partial charge in [0.05, 0.1) is 11.9 Å². The van der Waals surface area contributed by atoms with Gasteiger partial charge >= 0.3 is 0 Å². The summed E-state index contributed by atoms with van der Waals surface area (Å²) in [6.45, 7) is 3.54. The quantitative estimate of drug-likeness (QED) is 0.748. The van der Waals surface area contributed by atoms with Gasteiger partial charge in [0.15, 0.2) is 0 Å². The first-order chi connectivity index (χ1) is 8.62. The summed E-state index contributed by atoms with van der Waals surface area (Å²) in [7, 11) is -3.51. The first-order valence-electron chi connectivity index (χ1n) is 5.43. The number of anilines is 1. The fraction of sp³-hybridized carbons (Fsp3) is 0.300. The molecule has 0 saturated carbocycles. The third kappa shape index (κ3) is 3.09. The van der Waals surface area contributed by atoms with Gasteiger partial charge in [0, 0.05) is 17.6 Å². The Kier molecular flexibility index (Phi) is 4.00. The van der Waals surface area contributed by atoms with E-state index in [1.54, 1.807) is 6.07 Å². The normalized spacial score (nSPS) is 11.6. The summed E-state index contributed by atoms with van der Waals surface area (Å²) in [6, 6.07) is 3.43. The SMILES string of the molecule is CCNCc1ccc(S(=O)(=O)Nc2cn[nH]c2)s1. The van der Waals surface area contributed by atoms with Gasteiger partial charge in [-0.25, -0.2) is 8.42 Å². The summed E-state index contributed by atoms with van der Waals surface area (Å²) in [5, 5.41) is 9.40. The number of hydrogen-bond donors (Lipinski definition) is 3. The van der Waals surface area contributed by atoms with Crippen LogP contribution in [0.1, 0.15) is 11.8 Å². The molecule has 0 radical (unpaired) electrons. The molecule has 18 heavy (non-hydrogen) atoms. The van der Waals surface area contributed by atoms with Gasteiger partial charge in [-0.15, -0.1) is 11.3 Å². The highest BCUT2D eigenvalue weighted by Gasteiger charge is 2.17. The van der Waals surface area contributed by atoms with Crippen LogP contribution in [0, 0.1) is 0 Å². The lowest BCUT2D eigenvalue weighted by molar-refractivity contribution is 0.603. The minimum atomic E-state index is -3.51. The minimum absolute atomic E-state index is 0.302. The maximum Gasteiger partial charge on any atom is 0.271 e. The molecule has 0 unspecified atom stereocenters. The Labute approximate surface area is 109 Å². The van der Waals surface area contributed by atoms with E-state index in [4.69, 9.17) is 0 Å². The molecule has 0 aliphatic heterocycles. The third-order valence-electron chi connectivity index (χ3n) is 2.20. The molecular formula is C10H14N4O2S2. The van der Waals surface area contributed by atoms with Crippen LogP contribution in [0.15, 0.2) is 28.7 Å². The Balaban J connectivity index is 2.12. The lowest BCUT2D eigenvalue weighted by Crippen LogP contribution is -2.11. The summed E-state index contributed by atoms with van der Waals surface area (Å²) >= 11 is 1.26. The van der Waals surface area contributed by atoms with Gasteiger partial charge in [-0.1, -0.05) is 6.92 Å². The zero-order valence-corrected chi connectivity index (χ0v) is 11.4. The van der Waals surface area contributed by atoms with E-state index in [9.17, 15) is 8.42 Å². The number of thiophene rings is 1. The molecule has 0 atom stereocenters. The van der Waals surface area contributed by atoms with E-state index >= 15 is 0 Å². The molecule has 0 bridgehead atoms. The standard InChI is InChI=1S/C10H14N4O2S2/c1-2-11-7-9-3-4-10(17-9)18(15,16)14-8-5-12-13-6-8/h3-6,11,14H,2,7H2,1H3,(H,12,13). The van der Waals surface area contributed by atoms with E-state index in [1.165, 1.54) is 23.7 Å². The zero-order valence-electron chi connectivity index (χ0n) is 9.80. The zero-order chi connectivity index (χ0) is 13.0. The van der Waals surface area contributed by atoms with Crippen molar-refractivity contribution in [2.75, 3.05) is 11.3 Å². The molecule has 3 N–H and O–H groups in total. The predicted octanol–water partition coefficient (Wildman–Crippen LogP) is 1.38. The maximum absolute atomic E-state index is 12.0. The Morgan fingerprint density at radius 1 is 1.44 bits per heavy atom.